The summed E-state index contributed by atoms with van der Waals surface area (Å²) < 4.78 is 85.5. The van der Waals surface area contributed by atoms with Gasteiger partial charge in [0.05, 0.1) is 24.2 Å². The second-order valence-electron chi connectivity index (χ2n) is 4.69. The predicted octanol–water partition coefficient (Wildman–Crippen LogP) is 3.56. The predicted molar refractivity (Wildman–Crippen MR) is 64.9 cm³/mol. The Balaban J connectivity index is 2.12. The third-order valence-corrected chi connectivity index (χ3v) is 3.04. The second kappa shape index (κ2) is 6.17. The van der Waals surface area contributed by atoms with Crippen LogP contribution in [0.3, 0.4) is 0 Å². The van der Waals surface area contributed by atoms with Crippen LogP contribution in [0, 0.1) is 0 Å². The van der Waals surface area contributed by atoms with Gasteiger partial charge in [0.25, 0.3) is 0 Å². The molecule has 1 amide bonds. The lowest BCUT2D eigenvalue weighted by Crippen LogP contribution is -2.29. The van der Waals surface area contributed by atoms with E-state index in [0.29, 0.717) is 18.7 Å². The molecule has 0 aliphatic carbocycles. The number of hydrogen-bond acceptors (Lipinski definition) is 3. The minimum atomic E-state index is -4.93. The molecule has 0 atom stereocenters. The molecule has 1 heterocycles. The normalized spacial score (nSPS) is 15.7. The van der Waals surface area contributed by atoms with E-state index in [0.717, 1.165) is 0 Å². The van der Waals surface area contributed by atoms with E-state index in [1.165, 1.54) is 4.90 Å². The van der Waals surface area contributed by atoms with Gasteiger partial charge in [0.2, 0.25) is 0 Å². The molecule has 0 bridgehead atoms. The van der Waals surface area contributed by atoms with Crippen LogP contribution in [0.2, 0.25) is 0 Å². The van der Waals surface area contributed by atoms with Crippen LogP contribution in [-0.2, 0) is 17.1 Å². The van der Waals surface area contributed by atoms with E-state index >= 15 is 0 Å². The summed E-state index contributed by atoms with van der Waals surface area (Å²) in [6, 6.07) is 0.986. The molecule has 0 radical (unpaired) electrons. The zero-order valence-corrected chi connectivity index (χ0v) is 11.5. The molecule has 10 heteroatoms. The summed E-state index contributed by atoms with van der Waals surface area (Å²) in [6.45, 7) is 0.212. The summed E-state index contributed by atoms with van der Waals surface area (Å²) in [6.07, 6.45) is -10.5. The third kappa shape index (κ3) is 4.42. The summed E-state index contributed by atoms with van der Waals surface area (Å²) in [4.78, 5) is 12.4. The number of cyclic esters (lactones) is 1. The van der Waals surface area contributed by atoms with Gasteiger partial charge in [-0.1, -0.05) is 0 Å². The quantitative estimate of drug-likeness (QED) is 0.785. The van der Waals surface area contributed by atoms with Crippen molar-refractivity contribution in [1.29, 1.82) is 0 Å². The molecule has 23 heavy (non-hydrogen) atoms. The first-order valence-corrected chi connectivity index (χ1v) is 6.41. The number of halogens is 6. The lowest BCUT2D eigenvalue weighted by Gasteiger charge is -2.16. The van der Waals surface area contributed by atoms with Crippen molar-refractivity contribution in [2.45, 2.75) is 12.4 Å². The molecule has 0 saturated carbocycles. The standard InChI is InChI=1S/C13H11F6NO3/c14-12(15,16)8-5-9(13(17,18)19)7-10(6-8)22-3-1-20-2-4-23-11(20)21/h5-7H,1-4H2. The largest absolute Gasteiger partial charge is 0.492 e. The summed E-state index contributed by atoms with van der Waals surface area (Å²) in [5.41, 5.74) is -2.91. The molecule has 1 fully saturated rings. The van der Waals surface area contributed by atoms with Gasteiger partial charge in [-0.15, -0.1) is 0 Å². The zero-order chi connectivity index (χ0) is 17.3. The van der Waals surface area contributed by atoms with Gasteiger partial charge in [-0.3, -0.25) is 0 Å². The fraction of sp³-hybridized carbons (Fsp3) is 0.462. The van der Waals surface area contributed by atoms with E-state index in [4.69, 9.17) is 4.74 Å². The number of benzene rings is 1. The maximum Gasteiger partial charge on any atom is 0.416 e. The van der Waals surface area contributed by atoms with Gasteiger partial charge in [-0.2, -0.15) is 26.3 Å². The Bertz CT molecular complexity index is 552. The molecule has 1 aromatic rings. The minimum absolute atomic E-state index is 0.00354. The zero-order valence-electron chi connectivity index (χ0n) is 11.5. The number of hydrogen-bond donors (Lipinski definition) is 0. The monoisotopic (exact) mass is 343 g/mol. The first-order valence-electron chi connectivity index (χ1n) is 6.41. The van der Waals surface area contributed by atoms with Crippen LogP contribution in [0.4, 0.5) is 31.1 Å². The van der Waals surface area contributed by atoms with Crippen molar-refractivity contribution in [2.75, 3.05) is 26.3 Å². The molecule has 1 saturated heterocycles. The number of carbonyl (C=O) groups excluding carboxylic acids is 1. The van der Waals surface area contributed by atoms with Gasteiger partial charge in [-0.25, -0.2) is 4.79 Å². The van der Waals surface area contributed by atoms with E-state index < -0.39 is 35.3 Å². The van der Waals surface area contributed by atoms with Crippen LogP contribution in [0.15, 0.2) is 18.2 Å². The van der Waals surface area contributed by atoms with Crippen molar-refractivity contribution in [3.63, 3.8) is 0 Å². The first kappa shape index (κ1) is 17.2. The molecular weight excluding hydrogens is 332 g/mol. The highest BCUT2D eigenvalue weighted by Gasteiger charge is 2.37. The van der Waals surface area contributed by atoms with E-state index in [2.05, 4.69) is 4.74 Å². The van der Waals surface area contributed by atoms with Crippen molar-refractivity contribution in [3.8, 4) is 5.75 Å². The van der Waals surface area contributed by atoms with Gasteiger partial charge < -0.3 is 14.4 Å². The SMILES string of the molecule is O=C1OCCN1CCOc1cc(C(F)(F)F)cc(C(F)(F)F)c1. The Hall–Kier alpha value is -2.13. The molecular formula is C13H11F6NO3. The average Bonchev–Trinajstić information content (AvgIpc) is 2.82. The topological polar surface area (TPSA) is 38.8 Å². The lowest BCUT2D eigenvalue weighted by atomic mass is 10.1. The van der Waals surface area contributed by atoms with Crippen LogP contribution in [0.5, 0.6) is 5.75 Å². The number of rotatable bonds is 4. The third-order valence-electron chi connectivity index (χ3n) is 3.04. The maximum atomic E-state index is 12.7. The van der Waals surface area contributed by atoms with Gasteiger partial charge in [0.15, 0.2) is 0 Å². The van der Waals surface area contributed by atoms with Crippen LogP contribution in [0.25, 0.3) is 0 Å². The van der Waals surface area contributed by atoms with Gasteiger partial charge in [0, 0.05) is 0 Å². The first-order chi connectivity index (χ1) is 10.6. The van der Waals surface area contributed by atoms with Crippen LogP contribution < -0.4 is 4.74 Å². The van der Waals surface area contributed by atoms with Crippen molar-refractivity contribution in [2.24, 2.45) is 0 Å². The van der Waals surface area contributed by atoms with E-state index in [9.17, 15) is 31.1 Å². The Morgan fingerprint density at radius 1 is 1.04 bits per heavy atom. The second-order valence-corrected chi connectivity index (χ2v) is 4.69. The molecule has 128 valence electrons. The highest BCUT2D eigenvalue weighted by molar-refractivity contribution is 5.69. The molecule has 0 spiro atoms. The van der Waals surface area contributed by atoms with Crippen molar-refractivity contribution in [3.05, 3.63) is 29.3 Å². The van der Waals surface area contributed by atoms with Gasteiger partial charge >= 0.3 is 18.4 Å². The summed E-state index contributed by atoms with van der Waals surface area (Å²) in [5, 5.41) is 0. The highest BCUT2D eigenvalue weighted by Crippen LogP contribution is 2.38. The van der Waals surface area contributed by atoms with Crippen LogP contribution >= 0.6 is 0 Å². The molecule has 2 rings (SSSR count). The number of carbonyl (C=O) groups is 1. The lowest BCUT2D eigenvalue weighted by molar-refractivity contribution is -0.143. The molecule has 1 aliphatic heterocycles. The highest BCUT2D eigenvalue weighted by atomic mass is 19.4. The Kier molecular flexibility index (Phi) is 4.62. The van der Waals surface area contributed by atoms with Crippen molar-refractivity contribution in [1.82, 2.24) is 4.90 Å². The Morgan fingerprint density at radius 3 is 2.04 bits per heavy atom. The number of alkyl halides is 6. The summed E-state index contributed by atoms with van der Waals surface area (Å²) in [5.74, 6) is -0.570. The average molecular weight is 343 g/mol. The van der Waals surface area contributed by atoms with Crippen LogP contribution in [0.1, 0.15) is 11.1 Å². The van der Waals surface area contributed by atoms with E-state index in [-0.39, 0.29) is 25.8 Å². The van der Waals surface area contributed by atoms with Crippen LogP contribution in [-0.4, -0.2) is 37.3 Å². The van der Waals surface area contributed by atoms with E-state index in [1.54, 1.807) is 0 Å². The number of nitrogens with zero attached hydrogens (tertiary/aromatic N) is 1. The molecule has 1 aromatic carbocycles. The summed E-state index contributed by atoms with van der Waals surface area (Å²) >= 11 is 0. The molecule has 0 unspecified atom stereocenters. The minimum Gasteiger partial charge on any atom is -0.492 e. The summed E-state index contributed by atoms with van der Waals surface area (Å²) in [7, 11) is 0. The van der Waals surface area contributed by atoms with Crippen molar-refractivity contribution < 1.29 is 40.6 Å². The smallest absolute Gasteiger partial charge is 0.416 e. The molecule has 1 aliphatic rings. The number of amides is 1. The maximum absolute atomic E-state index is 12.7. The number of ether oxygens (including phenoxy) is 2. The molecule has 4 nitrogen and oxygen atoms in total. The Morgan fingerprint density at radius 2 is 1.61 bits per heavy atom. The van der Waals surface area contributed by atoms with E-state index in [1.807, 2.05) is 0 Å². The molecule has 0 N–H and O–H groups in total. The Labute approximate surface area is 126 Å². The van der Waals surface area contributed by atoms with Gasteiger partial charge in [-0.05, 0) is 18.2 Å². The van der Waals surface area contributed by atoms with Gasteiger partial charge in [0.1, 0.15) is 19.0 Å². The molecule has 0 aromatic heterocycles. The van der Waals surface area contributed by atoms with Crippen molar-refractivity contribution >= 4 is 6.09 Å². The fourth-order valence-electron chi connectivity index (χ4n) is 1.91. The fourth-order valence-corrected chi connectivity index (χ4v) is 1.91.